The van der Waals surface area contributed by atoms with E-state index in [1.54, 1.807) is 18.2 Å². The van der Waals surface area contributed by atoms with Gasteiger partial charge in [0, 0.05) is 16.5 Å². The highest BCUT2D eigenvalue weighted by molar-refractivity contribution is 9.09. The number of rotatable bonds is 3. The van der Waals surface area contributed by atoms with Gasteiger partial charge in [-0.15, -0.1) is 0 Å². The van der Waals surface area contributed by atoms with Crippen LogP contribution in [0.3, 0.4) is 0 Å². The summed E-state index contributed by atoms with van der Waals surface area (Å²) in [4.78, 5) is -0.348. The van der Waals surface area contributed by atoms with Crippen LogP contribution >= 0.6 is 15.9 Å². The average molecular weight is 315 g/mol. The Hall–Kier alpha value is -1.29. The average Bonchev–Trinajstić information content (AvgIpc) is 2.33. The summed E-state index contributed by atoms with van der Waals surface area (Å²) in [6.45, 7) is 0. The fourth-order valence-corrected chi connectivity index (χ4v) is 2.44. The van der Waals surface area contributed by atoms with Gasteiger partial charge >= 0.3 is 0 Å². The van der Waals surface area contributed by atoms with E-state index in [0.717, 1.165) is 6.07 Å². The summed E-state index contributed by atoms with van der Waals surface area (Å²) < 4.78 is 39.8. The second-order valence-corrected chi connectivity index (χ2v) is 5.03. The molecular weight excluding hydrogens is 305 g/mol. The Labute approximate surface area is 112 Å². The van der Waals surface area contributed by atoms with Gasteiger partial charge in [-0.05, 0) is 24.1 Å². The van der Waals surface area contributed by atoms with Crippen LogP contribution in [0, 0.1) is 17.5 Å². The van der Waals surface area contributed by atoms with Gasteiger partial charge in [-0.3, -0.25) is 0 Å². The predicted molar refractivity (Wildman–Crippen MR) is 68.1 cm³/mol. The number of benzene rings is 2. The lowest BCUT2D eigenvalue weighted by Gasteiger charge is -2.11. The molecule has 0 aromatic heterocycles. The monoisotopic (exact) mass is 314 g/mol. The van der Waals surface area contributed by atoms with Crippen molar-refractivity contribution in [3.8, 4) is 0 Å². The fourth-order valence-electron chi connectivity index (χ4n) is 1.72. The molecule has 2 aromatic carbocycles. The van der Waals surface area contributed by atoms with Crippen molar-refractivity contribution < 1.29 is 13.2 Å². The third-order valence-corrected chi connectivity index (χ3v) is 3.47. The lowest BCUT2D eigenvalue weighted by atomic mass is 10.0. The van der Waals surface area contributed by atoms with Crippen molar-refractivity contribution in [2.45, 2.75) is 11.2 Å². The summed E-state index contributed by atoms with van der Waals surface area (Å²) >= 11 is 3.33. The maximum atomic E-state index is 13.5. The molecule has 0 aliphatic heterocycles. The number of alkyl halides is 1. The summed E-state index contributed by atoms with van der Waals surface area (Å²) in [5.41, 5.74) is 0.808. The highest BCUT2D eigenvalue weighted by atomic mass is 79.9. The van der Waals surface area contributed by atoms with Gasteiger partial charge < -0.3 is 0 Å². The summed E-state index contributed by atoms with van der Waals surface area (Å²) in [7, 11) is 0. The molecule has 0 radical (unpaired) electrons. The van der Waals surface area contributed by atoms with Crippen molar-refractivity contribution in [3.05, 3.63) is 71.0 Å². The molecule has 0 bridgehead atoms. The van der Waals surface area contributed by atoms with E-state index in [-0.39, 0.29) is 17.1 Å². The first-order valence-electron chi connectivity index (χ1n) is 5.40. The van der Waals surface area contributed by atoms with Crippen molar-refractivity contribution in [2.75, 3.05) is 0 Å². The molecule has 0 fully saturated rings. The quantitative estimate of drug-likeness (QED) is 0.715. The van der Waals surface area contributed by atoms with Crippen LogP contribution in [0.1, 0.15) is 16.0 Å². The molecule has 18 heavy (non-hydrogen) atoms. The zero-order valence-electron chi connectivity index (χ0n) is 9.34. The molecule has 0 amide bonds. The van der Waals surface area contributed by atoms with Gasteiger partial charge in [-0.2, -0.15) is 0 Å². The van der Waals surface area contributed by atoms with Crippen LogP contribution in [0.5, 0.6) is 0 Å². The maximum Gasteiger partial charge on any atom is 0.129 e. The molecule has 0 spiro atoms. The van der Waals surface area contributed by atoms with Crippen LogP contribution in [0.4, 0.5) is 13.2 Å². The van der Waals surface area contributed by atoms with E-state index in [1.165, 1.54) is 18.2 Å². The van der Waals surface area contributed by atoms with Crippen LogP contribution in [0.25, 0.3) is 0 Å². The van der Waals surface area contributed by atoms with E-state index in [9.17, 15) is 13.2 Å². The van der Waals surface area contributed by atoms with E-state index < -0.39 is 11.6 Å². The molecule has 1 atom stereocenters. The first kappa shape index (κ1) is 13.1. The lowest BCUT2D eigenvalue weighted by Crippen LogP contribution is -2.00. The van der Waals surface area contributed by atoms with Crippen molar-refractivity contribution in [2.24, 2.45) is 0 Å². The third kappa shape index (κ3) is 2.93. The Morgan fingerprint density at radius 1 is 0.944 bits per heavy atom. The minimum atomic E-state index is -0.617. The highest BCUT2D eigenvalue weighted by Gasteiger charge is 2.15. The van der Waals surface area contributed by atoms with Crippen LogP contribution in [-0.4, -0.2) is 0 Å². The zero-order chi connectivity index (χ0) is 13.1. The van der Waals surface area contributed by atoms with Gasteiger partial charge in [0.05, 0.1) is 0 Å². The molecule has 0 saturated carbocycles. The minimum Gasteiger partial charge on any atom is -0.207 e. The molecule has 0 aliphatic carbocycles. The molecule has 0 aliphatic rings. The van der Waals surface area contributed by atoms with Gasteiger partial charge in [-0.25, -0.2) is 13.2 Å². The summed E-state index contributed by atoms with van der Waals surface area (Å²) in [6, 6.07) is 9.70. The lowest BCUT2D eigenvalue weighted by molar-refractivity contribution is 0.568. The van der Waals surface area contributed by atoms with Gasteiger partial charge in [0.1, 0.15) is 17.5 Å². The Morgan fingerprint density at radius 3 is 2.33 bits per heavy atom. The van der Waals surface area contributed by atoms with Crippen LogP contribution in [0.15, 0.2) is 42.5 Å². The van der Waals surface area contributed by atoms with Gasteiger partial charge in [0.25, 0.3) is 0 Å². The number of hydrogen-bond donors (Lipinski definition) is 0. The molecule has 0 saturated heterocycles. The van der Waals surface area contributed by atoms with E-state index in [4.69, 9.17) is 0 Å². The summed E-state index contributed by atoms with van der Waals surface area (Å²) in [5, 5.41) is 0. The number of hydrogen-bond acceptors (Lipinski definition) is 0. The Kier molecular flexibility index (Phi) is 4.07. The van der Waals surface area contributed by atoms with E-state index in [1.807, 2.05) is 0 Å². The van der Waals surface area contributed by atoms with E-state index >= 15 is 0 Å². The van der Waals surface area contributed by atoms with Gasteiger partial charge in [-0.1, -0.05) is 40.2 Å². The van der Waals surface area contributed by atoms with E-state index in [2.05, 4.69) is 15.9 Å². The normalized spacial score (nSPS) is 12.4. The molecule has 0 N–H and O–H groups in total. The zero-order valence-corrected chi connectivity index (χ0v) is 10.9. The smallest absolute Gasteiger partial charge is 0.129 e. The second kappa shape index (κ2) is 5.57. The Balaban J connectivity index is 2.21. The van der Waals surface area contributed by atoms with E-state index in [0.29, 0.717) is 11.1 Å². The summed E-state index contributed by atoms with van der Waals surface area (Å²) in [5.74, 6) is -1.58. The Morgan fingerprint density at radius 2 is 1.67 bits per heavy atom. The van der Waals surface area contributed by atoms with Gasteiger partial charge in [0.15, 0.2) is 0 Å². The maximum absolute atomic E-state index is 13.5. The second-order valence-electron chi connectivity index (χ2n) is 3.93. The minimum absolute atomic E-state index is 0.257. The standard InChI is InChI=1S/C14H10BrF3/c15-12(11-3-1-2-4-13(11)17)7-9-5-6-10(16)8-14(9)18/h1-6,8,12H,7H2. The first-order chi connectivity index (χ1) is 8.58. The Bertz CT molecular complexity index is 554. The molecule has 4 heteroatoms. The highest BCUT2D eigenvalue weighted by Crippen LogP contribution is 2.29. The molecule has 2 aromatic rings. The number of halogens is 4. The fraction of sp³-hybridized carbons (Fsp3) is 0.143. The molecular formula is C14H10BrF3. The molecule has 0 heterocycles. The topological polar surface area (TPSA) is 0 Å². The molecule has 2 rings (SSSR count). The van der Waals surface area contributed by atoms with Crippen molar-refractivity contribution in [1.82, 2.24) is 0 Å². The van der Waals surface area contributed by atoms with Gasteiger partial charge in [0.2, 0.25) is 0 Å². The predicted octanol–water partition coefficient (Wildman–Crippen LogP) is 4.78. The third-order valence-electron chi connectivity index (χ3n) is 2.66. The van der Waals surface area contributed by atoms with Crippen molar-refractivity contribution >= 4 is 15.9 Å². The van der Waals surface area contributed by atoms with Crippen LogP contribution in [-0.2, 0) is 6.42 Å². The largest absolute Gasteiger partial charge is 0.207 e. The van der Waals surface area contributed by atoms with Crippen molar-refractivity contribution in [3.63, 3.8) is 0 Å². The molecule has 0 nitrogen and oxygen atoms in total. The van der Waals surface area contributed by atoms with Crippen LogP contribution < -0.4 is 0 Å². The van der Waals surface area contributed by atoms with Crippen molar-refractivity contribution in [1.29, 1.82) is 0 Å². The molecule has 1 unspecified atom stereocenters. The van der Waals surface area contributed by atoms with Crippen LogP contribution in [0.2, 0.25) is 0 Å². The first-order valence-corrected chi connectivity index (χ1v) is 6.32. The SMILES string of the molecule is Fc1ccc(CC(Br)c2ccccc2F)c(F)c1. The molecule has 94 valence electrons. The summed E-state index contributed by atoms with van der Waals surface area (Å²) in [6.07, 6.45) is 0.257.